The van der Waals surface area contributed by atoms with Crippen LogP contribution in [-0.4, -0.2) is 36.6 Å². The molecular weight excluding hydrogens is 188 g/mol. The van der Waals surface area contributed by atoms with E-state index in [2.05, 4.69) is 10.3 Å². The molecule has 0 bridgehead atoms. The molecule has 5 heteroatoms. The van der Waals surface area contributed by atoms with Gasteiger partial charge < -0.3 is 10.1 Å². The number of thioether (sulfide) groups is 1. The maximum atomic E-state index is 10.9. The molecule has 1 heterocycles. The minimum Gasteiger partial charge on any atom is -0.466 e. The van der Waals surface area contributed by atoms with Gasteiger partial charge in [-0.05, 0) is 6.92 Å². The van der Waals surface area contributed by atoms with Crippen LogP contribution in [0.25, 0.3) is 0 Å². The minimum atomic E-state index is -0.131. The molecule has 0 aliphatic carbocycles. The molecule has 0 aromatic rings. The summed E-state index contributed by atoms with van der Waals surface area (Å²) >= 11 is 1.58. The van der Waals surface area contributed by atoms with Crippen LogP contribution in [0.3, 0.4) is 0 Å². The number of nitrogens with zero attached hydrogens (tertiary/aromatic N) is 1. The molecular formula is C8H14N2O2S. The second-order valence-corrected chi connectivity index (χ2v) is 3.60. The minimum absolute atomic E-state index is 0.131. The predicted molar refractivity (Wildman–Crippen MR) is 54.0 cm³/mol. The van der Waals surface area contributed by atoms with Crippen molar-refractivity contribution in [3.63, 3.8) is 0 Å². The maximum Gasteiger partial charge on any atom is 0.306 e. The van der Waals surface area contributed by atoms with Gasteiger partial charge >= 0.3 is 5.97 Å². The second kappa shape index (κ2) is 5.85. The van der Waals surface area contributed by atoms with E-state index >= 15 is 0 Å². The van der Waals surface area contributed by atoms with Crippen molar-refractivity contribution in [3.05, 3.63) is 0 Å². The Bertz CT molecular complexity index is 206. The number of carbonyl (C=O) groups excluding carboxylic acids is 1. The van der Waals surface area contributed by atoms with Crippen molar-refractivity contribution in [1.82, 2.24) is 5.32 Å². The number of amidine groups is 1. The van der Waals surface area contributed by atoms with Crippen molar-refractivity contribution in [2.75, 3.05) is 25.4 Å². The summed E-state index contributed by atoms with van der Waals surface area (Å²) in [4.78, 5) is 15.1. The highest BCUT2D eigenvalue weighted by Gasteiger charge is 2.07. The molecule has 1 aliphatic heterocycles. The first-order chi connectivity index (χ1) is 6.33. The molecule has 0 saturated heterocycles. The van der Waals surface area contributed by atoms with E-state index < -0.39 is 0 Å². The highest BCUT2D eigenvalue weighted by atomic mass is 32.2. The number of rotatable bonds is 4. The van der Waals surface area contributed by atoms with E-state index in [1.807, 2.05) is 6.92 Å². The third kappa shape index (κ3) is 4.17. The van der Waals surface area contributed by atoms with E-state index in [-0.39, 0.29) is 5.97 Å². The standard InChI is InChI=1S/C8H14N2O2S/c1-2-12-7(11)3-6-13-8-9-4-5-10-8/h2-6H2,1H3,(H,9,10). The highest BCUT2D eigenvalue weighted by Crippen LogP contribution is 2.07. The van der Waals surface area contributed by atoms with Crippen molar-refractivity contribution in [2.24, 2.45) is 4.99 Å². The van der Waals surface area contributed by atoms with Crippen molar-refractivity contribution >= 4 is 22.9 Å². The molecule has 1 N–H and O–H groups in total. The van der Waals surface area contributed by atoms with Crippen LogP contribution in [0.1, 0.15) is 13.3 Å². The number of esters is 1. The first-order valence-electron chi connectivity index (χ1n) is 4.39. The van der Waals surface area contributed by atoms with Crippen molar-refractivity contribution in [1.29, 1.82) is 0 Å². The molecule has 1 rings (SSSR count). The van der Waals surface area contributed by atoms with Gasteiger partial charge in [0.05, 0.1) is 19.6 Å². The van der Waals surface area contributed by atoms with Gasteiger partial charge in [0, 0.05) is 12.3 Å². The van der Waals surface area contributed by atoms with Crippen LogP contribution in [0.2, 0.25) is 0 Å². The number of hydrogen-bond donors (Lipinski definition) is 1. The fourth-order valence-corrected chi connectivity index (χ4v) is 1.79. The van der Waals surface area contributed by atoms with Gasteiger partial charge in [0.25, 0.3) is 0 Å². The Kier molecular flexibility index (Phi) is 4.67. The summed E-state index contributed by atoms with van der Waals surface area (Å²) in [6.07, 6.45) is 0.458. The first-order valence-corrected chi connectivity index (χ1v) is 5.38. The average Bonchev–Trinajstić information content (AvgIpc) is 2.57. The van der Waals surface area contributed by atoms with E-state index in [4.69, 9.17) is 4.74 Å². The van der Waals surface area contributed by atoms with E-state index in [0.717, 1.165) is 24.0 Å². The molecule has 0 saturated carbocycles. The molecule has 13 heavy (non-hydrogen) atoms. The quantitative estimate of drug-likeness (QED) is 0.679. The van der Waals surface area contributed by atoms with Gasteiger partial charge in [-0.2, -0.15) is 0 Å². The molecule has 0 fully saturated rings. The van der Waals surface area contributed by atoms with E-state index in [0.29, 0.717) is 13.0 Å². The summed E-state index contributed by atoms with van der Waals surface area (Å²) in [5.41, 5.74) is 0. The van der Waals surface area contributed by atoms with Gasteiger partial charge in [-0.25, -0.2) is 0 Å². The summed E-state index contributed by atoms with van der Waals surface area (Å²) in [6, 6.07) is 0. The molecule has 74 valence electrons. The van der Waals surface area contributed by atoms with E-state index in [1.54, 1.807) is 11.8 Å². The summed E-state index contributed by atoms with van der Waals surface area (Å²) in [5, 5.41) is 4.07. The molecule has 0 unspecified atom stereocenters. The highest BCUT2D eigenvalue weighted by molar-refractivity contribution is 8.13. The summed E-state index contributed by atoms with van der Waals surface area (Å²) in [5.74, 6) is 0.610. The van der Waals surface area contributed by atoms with Crippen LogP contribution in [0.4, 0.5) is 0 Å². The third-order valence-corrected chi connectivity index (χ3v) is 2.45. The lowest BCUT2D eigenvalue weighted by Crippen LogP contribution is -2.16. The van der Waals surface area contributed by atoms with Crippen LogP contribution in [-0.2, 0) is 9.53 Å². The number of aliphatic imine (C=N–C) groups is 1. The van der Waals surface area contributed by atoms with E-state index in [9.17, 15) is 4.79 Å². The summed E-state index contributed by atoms with van der Waals surface area (Å²) in [6.45, 7) is 4.04. The van der Waals surface area contributed by atoms with Crippen LogP contribution >= 0.6 is 11.8 Å². The van der Waals surface area contributed by atoms with Gasteiger partial charge in [0.15, 0.2) is 5.17 Å². The first kappa shape index (κ1) is 10.4. The molecule has 4 nitrogen and oxygen atoms in total. The molecule has 0 spiro atoms. The van der Waals surface area contributed by atoms with Crippen molar-refractivity contribution in [3.8, 4) is 0 Å². The number of ether oxygens (including phenoxy) is 1. The smallest absolute Gasteiger partial charge is 0.306 e. The Morgan fingerprint density at radius 3 is 3.23 bits per heavy atom. The molecule has 1 aliphatic rings. The van der Waals surface area contributed by atoms with Crippen LogP contribution < -0.4 is 5.32 Å². The lowest BCUT2D eigenvalue weighted by molar-refractivity contribution is -0.142. The molecule has 0 radical (unpaired) electrons. The van der Waals surface area contributed by atoms with Crippen LogP contribution in [0.5, 0.6) is 0 Å². The Balaban J connectivity index is 2.03. The van der Waals surface area contributed by atoms with Gasteiger partial charge in [0.1, 0.15) is 0 Å². The Labute approximate surface area is 82.1 Å². The summed E-state index contributed by atoms with van der Waals surface area (Å²) < 4.78 is 4.79. The third-order valence-electron chi connectivity index (χ3n) is 1.49. The van der Waals surface area contributed by atoms with Crippen molar-refractivity contribution < 1.29 is 9.53 Å². The number of carbonyl (C=O) groups is 1. The second-order valence-electron chi connectivity index (χ2n) is 2.52. The predicted octanol–water partition coefficient (Wildman–Crippen LogP) is 0.632. The molecule has 0 amide bonds. The maximum absolute atomic E-state index is 10.9. The fourth-order valence-electron chi connectivity index (χ4n) is 0.937. The fraction of sp³-hybridized carbons (Fsp3) is 0.750. The van der Waals surface area contributed by atoms with Crippen LogP contribution in [0, 0.1) is 0 Å². The van der Waals surface area contributed by atoms with E-state index in [1.165, 1.54) is 0 Å². The van der Waals surface area contributed by atoms with Gasteiger partial charge in [0.2, 0.25) is 0 Å². The Hall–Kier alpha value is -0.710. The largest absolute Gasteiger partial charge is 0.466 e. The SMILES string of the molecule is CCOC(=O)CCSC1=NCCN1. The molecule has 0 aromatic carbocycles. The average molecular weight is 202 g/mol. The van der Waals surface area contributed by atoms with Gasteiger partial charge in [-0.3, -0.25) is 9.79 Å². The normalized spacial score (nSPS) is 15.0. The summed E-state index contributed by atoms with van der Waals surface area (Å²) in [7, 11) is 0. The molecule has 0 atom stereocenters. The topological polar surface area (TPSA) is 50.7 Å². The van der Waals surface area contributed by atoms with Gasteiger partial charge in [-0.1, -0.05) is 11.8 Å². The zero-order valence-electron chi connectivity index (χ0n) is 7.71. The zero-order valence-corrected chi connectivity index (χ0v) is 8.52. The Morgan fingerprint density at radius 2 is 2.62 bits per heavy atom. The monoisotopic (exact) mass is 202 g/mol. The Morgan fingerprint density at radius 1 is 1.77 bits per heavy atom. The lowest BCUT2D eigenvalue weighted by Gasteiger charge is -2.01. The zero-order chi connectivity index (χ0) is 9.52. The van der Waals surface area contributed by atoms with Gasteiger partial charge in [-0.15, -0.1) is 0 Å². The number of nitrogens with one attached hydrogen (secondary N) is 1. The number of hydrogen-bond acceptors (Lipinski definition) is 5. The molecule has 0 aromatic heterocycles. The lowest BCUT2D eigenvalue weighted by atomic mass is 10.5. The van der Waals surface area contributed by atoms with Crippen molar-refractivity contribution in [2.45, 2.75) is 13.3 Å². The van der Waals surface area contributed by atoms with Crippen LogP contribution in [0.15, 0.2) is 4.99 Å².